The third-order valence-electron chi connectivity index (χ3n) is 3.64. The molecule has 2 aromatic rings. The predicted molar refractivity (Wildman–Crippen MR) is 94.2 cm³/mol. The fraction of sp³-hybridized carbons (Fsp3) is 0.111. The molecule has 1 aliphatic rings. The Morgan fingerprint density at radius 1 is 1.22 bits per heavy atom. The number of allylic oxidation sites excluding steroid dienone is 2. The van der Waals surface area contributed by atoms with E-state index in [1.807, 2.05) is 24.3 Å². The van der Waals surface area contributed by atoms with Gasteiger partial charge in [0.1, 0.15) is 5.00 Å². The first-order valence-corrected chi connectivity index (χ1v) is 8.15. The van der Waals surface area contributed by atoms with Crippen LogP contribution in [0.25, 0.3) is 11.6 Å². The molecule has 0 saturated carbocycles. The third kappa shape index (κ3) is 3.40. The number of nitrogens with one attached hydrogen (secondary N) is 1. The van der Waals surface area contributed by atoms with Gasteiger partial charge in [0.2, 0.25) is 5.91 Å². The average Bonchev–Trinajstić information content (AvgIpc) is 2.89. The molecule has 0 bridgehead atoms. The smallest absolute Gasteiger partial charge is 0.251 e. The Bertz CT molecular complexity index is 818. The second-order valence-corrected chi connectivity index (χ2v) is 6.12. The summed E-state index contributed by atoms with van der Waals surface area (Å²) in [6.07, 6.45) is 7.26. The van der Waals surface area contributed by atoms with Gasteiger partial charge in [0, 0.05) is 0 Å². The summed E-state index contributed by atoms with van der Waals surface area (Å²) < 4.78 is 0. The molecule has 0 spiro atoms. The molecule has 0 saturated heterocycles. The van der Waals surface area contributed by atoms with Gasteiger partial charge in [-0.05, 0) is 34.6 Å². The first-order valence-electron chi connectivity index (χ1n) is 7.27. The van der Waals surface area contributed by atoms with Crippen molar-refractivity contribution in [2.45, 2.75) is 12.8 Å². The van der Waals surface area contributed by atoms with E-state index in [1.165, 1.54) is 11.3 Å². The number of fused-ring (bicyclic) bond motifs is 1. The highest BCUT2D eigenvalue weighted by Crippen LogP contribution is 2.28. The first-order chi connectivity index (χ1) is 11.1. The lowest BCUT2D eigenvalue weighted by atomic mass is 9.98. The minimum atomic E-state index is -0.537. The number of primary amides is 1. The maximum atomic E-state index is 12.4. The minimum absolute atomic E-state index is 0.155. The number of nitrogens with two attached hydrogens (primary N) is 1. The van der Waals surface area contributed by atoms with Crippen LogP contribution < -0.4 is 11.1 Å². The van der Waals surface area contributed by atoms with Gasteiger partial charge < -0.3 is 11.1 Å². The molecule has 23 heavy (non-hydrogen) atoms. The van der Waals surface area contributed by atoms with Crippen molar-refractivity contribution >= 4 is 39.8 Å². The van der Waals surface area contributed by atoms with E-state index in [1.54, 1.807) is 11.4 Å². The fourth-order valence-corrected chi connectivity index (χ4v) is 3.37. The summed E-state index contributed by atoms with van der Waals surface area (Å²) in [7, 11) is 0. The number of benzene rings is 1. The quantitative estimate of drug-likeness (QED) is 0.900. The molecule has 5 heteroatoms. The van der Waals surface area contributed by atoms with E-state index >= 15 is 0 Å². The highest BCUT2D eigenvalue weighted by Gasteiger charge is 2.15. The molecule has 3 N–H and O–H groups in total. The van der Waals surface area contributed by atoms with Crippen LogP contribution in [0.4, 0.5) is 5.00 Å². The lowest BCUT2D eigenvalue weighted by Crippen LogP contribution is -2.16. The number of hydrogen-bond donors (Lipinski definition) is 2. The van der Waals surface area contributed by atoms with Crippen LogP contribution in [0, 0.1) is 0 Å². The molecule has 3 rings (SSSR count). The first kappa shape index (κ1) is 15.2. The molecule has 1 heterocycles. The lowest BCUT2D eigenvalue weighted by Gasteiger charge is -2.10. The van der Waals surface area contributed by atoms with Gasteiger partial charge in [-0.2, -0.15) is 0 Å². The molecule has 116 valence electrons. The standard InChI is InChI=1S/C18H16N2O2S/c19-17(22)15-9-10-23-18(15)20-16(21)11-13-7-2-1-5-12-6-3-4-8-14(12)13/h1,3-10H,2,11H2,(H2,19,22)(H,20,21). The summed E-state index contributed by atoms with van der Waals surface area (Å²) in [6.45, 7) is 0. The van der Waals surface area contributed by atoms with Gasteiger partial charge in [-0.15, -0.1) is 11.3 Å². The molecule has 0 atom stereocenters. The minimum Gasteiger partial charge on any atom is -0.366 e. The van der Waals surface area contributed by atoms with Crippen LogP contribution in [-0.4, -0.2) is 11.8 Å². The zero-order valence-electron chi connectivity index (χ0n) is 12.4. The number of carbonyl (C=O) groups is 2. The van der Waals surface area contributed by atoms with Crippen LogP contribution >= 0.6 is 11.3 Å². The summed E-state index contributed by atoms with van der Waals surface area (Å²) in [5.41, 5.74) is 8.81. The highest BCUT2D eigenvalue weighted by atomic mass is 32.1. The SMILES string of the molecule is NC(=O)c1ccsc1NC(=O)CC1=CCC=Cc2ccccc21. The van der Waals surface area contributed by atoms with Crippen LogP contribution in [0.3, 0.4) is 0 Å². The summed E-state index contributed by atoms with van der Waals surface area (Å²) >= 11 is 1.29. The van der Waals surface area contributed by atoms with Crippen LogP contribution in [-0.2, 0) is 4.79 Å². The summed E-state index contributed by atoms with van der Waals surface area (Å²) in [5.74, 6) is -0.692. The zero-order valence-corrected chi connectivity index (χ0v) is 13.2. The summed E-state index contributed by atoms with van der Waals surface area (Å²) in [5, 5.41) is 5.03. The van der Waals surface area contributed by atoms with Crippen molar-refractivity contribution in [1.82, 2.24) is 0 Å². The maximum absolute atomic E-state index is 12.4. The summed E-state index contributed by atoms with van der Waals surface area (Å²) in [6, 6.07) is 9.62. The molecule has 1 aromatic carbocycles. The van der Waals surface area contributed by atoms with Gasteiger partial charge in [-0.25, -0.2) is 0 Å². The van der Waals surface area contributed by atoms with Crippen molar-refractivity contribution in [3.63, 3.8) is 0 Å². The molecular weight excluding hydrogens is 308 g/mol. The van der Waals surface area contributed by atoms with Crippen molar-refractivity contribution in [2.75, 3.05) is 5.32 Å². The Morgan fingerprint density at radius 3 is 2.87 bits per heavy atom. The molecular formula is C18H16N2O2S. The van der Waals surface area contributed by atoms with Gasteiger partial charge in [0.25, 0.3) is 5.91 Å². The van der Waals surface area contributed by atoms with E-state index in [2.05, 4.69) is 23.5 Å². The highest BCUT2D eigenvalue weighted by molar-refractivity contribution is 7.14. The predicted octanol–water partition coefficient (Wildman–Crippen LogP) is 3.68. The number of amides is 2. The summed E-state index contributed by atoms with van der Waals surface area (Å²) in [4.78, 5) is 23.7. The third-order valence-corrected chi connectivity index (χ3v) is 4.47. The van der Waals surface area contributed by atoms with Crippen molar-refractivity contribution in [3.05, 3.63) is 64.6 Å². The molecule has 0 aliphatic heterocycles. The van der Waals surface area contributed by atoms with E-state index in [9.17, 15) is 9.59 Å². The van der Waals surface area contributed by atoms with Gasteiger partial charge in [-0.3, -0.25) is 9.59 Å². The van der Waals surface area contributed by atoms with E-state index in [-0.39, 0.29) is 12.3 Å². The Hall–Kier alpha value is -2.66. The van der Waals surface area contributed by atoms with Crippen LogP contribution in [0.1, 0.15) is 34.3 Å². The van der Waals surface area contributed by atoms with Gasteiger partial charge >= 0.3 is 0 Å². The molecule has 4 nitrogen and oxygen atoms in total. The number of anilines is 1. The molecule has 1 aliphatic carbocycles. The Kier molecular flexibility index (Phi) is 4.39. The monoisotopic (exact) mass is 324 g/mol. The van der Waals surface area contributed by atoms with E-state index in [0.29, 0.717) is 10.6 Å². The van der Waals surface area contributed by atoms with E-state index in [0.717, 1.165) is 23.1 Å². The topological polar surface area (TPSA) is 72.2 Å². The lowest BCUT2D eigenvalue weighted by molar-refractivity contribution is -0.115. The normalized spacial score (nSPS) is 13.0. The Balaban J connectivity index is 1.77. The number of hydrogen-bond acceptors (Lipinski definition) is 3. The second-order valence-electron chi connectivity index (χ2n) is 5.21. The van der Waals surface area contributed by atoms with Crippen molar-refractivity contribution in [3.8, 4) is 0 Å². The van der Waals surface area contributed by atoms with Gasteiger partial charge in [0.15, 0.2) is 0 Å². The van der Waals surface area contributed by atoms with Crippen molar-refractivity contribution in [2.24, 2.45) is 5.73 Å². The Morgan fingerprint density at radius 2 is 2.04 bits per heavy atom. The van der Waals surface area contributed by atoms with Crippen molar-refractivity contribution < 1.29 is 9.59 Å². The maximum Gasteiger partial charge on any atom is 0.251 e. The van der Waals surface area contributed by atoms with E-state index < -0.39 is 5.91 Å². The van der Waals surface area contributed by atoms with Gasteiger partial charge in [0.05, 0.1) is 12.0 Å². The molecule has 2 amide bonds. The zero-order chi connectivity index (χ0) is 16.2. The second kappa shape index (κ2) is 6.62. The van der Waals surface area contributed by atoms with Gasteiger partial charge in [-0.1, -0.05) is 42.5 Å². The van der Waals surface area contributed by atoms with Crippen LogP contribution in [0.2, 0.25) is 0 Å². The van der Waals surface area contributed by atoms with Crippen LogP contribution in [0.15, 0.2) is 47.9 Å². The van der Waals surface area contributed by atoms with E-state index in [4.69, 9.17) is 5.73 Å². The Labute approximate surface area is 138 Å². The van der Waals surface area contributed by atoms with Crippen LogP contribution in [0.5, 0.6) is 0 Å². The number of rotatable bonds is 4. The molecule has 0 unspecified atom stereocenters. The fourth-order valence-electron chi connectivity index (χ4n) is 2.56. The molecule has 1 aromatic heterocycles. The van der Waals surface area contributed by atoms with Crippen molar-refractivity contribution in [1.29, 1.82) is 0 Å². The average molecular weight is 324 g/mol. The largest absolute Gasteiger partial charge is 0.366 e. The number of thiophene rings is 1. The molecule has 0 radical (unpaired) electrons. The number of carbonyl (C=O) groups excluding carboxylic acids is 2. The molecule has 0 fully saturated rings.